The van der Waals surface area contributed by atoms with Crippen molar-refractivity contribution in [3.63, 3.8) is 0 Å². The molecule has 0 atom stereocenters. The zero-order valence-electron chi connectivity index (χ0n) is 11.4. The lowest BCUT2D eigenvalue weighted by atomic mass is 10.1. The van der Waals surface area contributed by atoms with Crippen molar-refractivity contribution in [3.05, 3.63) is 52.0 Å². The van der Waals surface area contributed by atoms with Gasteiger partial charge in [0, 0.05) is 18.4 Å². The predicted octanol–water partition coefficient (Wildman–Crippen LogP) is 1.98. The fourth-order valence-corrected chi connectivity index (χ4v) is 2.75. The van der Waals surface area contributed by atoms with Gasteiger partial charge in [0.15, 0.2) is 5.16 Å². The Morgan fingerprint density at radius 3 is 3.05 bits per heavy atom. The van der Waals surface area contributed by atoms with Crippen LogP contribution in [-0.4, -0.2) is 25.8 Å². The van der Waals surface area contributed by atoms with Crippen molar-refractivity contribution >= 4 is 23.8 Å². The number of nitrogens with zero attached hydrogens (tertiary/aromatic N) is 2. The molecule has 110 valence electrons. The number of hydrogen-bond donors (Lipinski definition) is 2. The van der Waals surface area contributed by atoms with Crippen LogP contribution < -0.4 is 5.69 Å². The summed E-state index contributed by atoms with van der Waals surface area (Å²) in [5.74, 6) is -0.322. The number of thioether (sulfide) groups is 1. The first-order valence-corrected chi connectivity index (χ1v) is 7.36. The fraction of sp³-hybridized carbons (Fsp3) is 0.214. The fourth-order valence-electron chi connectivity index (χ4n) is 1.79. The van der Waals surface area contributed by atoms with Gasteiger partial charge in [-0.15, -0.1) is 5.10 Å². The molecule has 2 N–H and O–H groups in total. The highest BCUT2D eigenvalue weighted by Gasteiger charge is 2.07. The van der Waals surface area contributed by atoms with Crippen molar-refractivity contribution in [2.75, 3.05) is 0 Å². The van der Waals surface area contributed by atoms with Gasteiger partial charge in [0.2, 0.25) is 0 Å². The summed E-state index contributed by atoms with van der Waals surface area (Å²) in [5.41, 5.74) is 1.65. The highest BCUT2D eigenvalue weighted by molar-refractivity contribution is 7.98. The van der Waals surface area contributed by atoms with Crippen LogP contribution in [0.15, 0.2) is 40.3 Å². The molecule has 1 heterocycles. The number of rotatable bonds is 6. The SMILES string of the molecule is CCn1c(SCc2cccc(C=CC(=O)O)c2)n[nH]c1=O. The summed E-state index contributed by atoms with van der Waals surface area (Å²) in [6.45, 7) is 2.46. The molecule has 7 heteroatoms. The molecule has 0 spiro atoms. The van der Waals surface area contributed by atoms with Gasteiger partial charge in [-0.3, -0.25) is 4.57 Å². The third-order valence-corrected chi connectivity index (χ3v) is 3.82. The van der Waals surface area contributed by atoms with Crippen LogP contribution in [0.3, 0.4) is 0 Å². The number of aromatic nitrogens is 3. The molecule has 1 aromatic heterocycles. The van der Waals surface area contributed by atoms with Gasteiger partial charge in [-0.25, -0.2) is 14.7 Å². The molecule has 0 saturated carbocycles. The molecule has 0 amide bonds. The van der Waals surface area contributed by atoms with E-state index < -0.39 is 5.97 Å². The first kappa shape index (κ1) is 15.1. The number of nitrogens with one attached hydrogen (secondary N) is 1. The van der Waals surface area contributed by atoms with E-state index in [9.17, 15) is 9.59 Å². The van der Waals surface area contributed by atoms with Crippen LogP contribution in [0.1, 0.15) is 18.1 Å². The lowest BCUT2D eigenvalue weighted by Gasteiger charge is -2.03. The number of aliphatic carboxylic acids is 1. The number of benzene rings is 1. The van der Waals surface area contributed by atoms with Crippen molar-refractivity contribution in [1.29, 1.82) is 0 Å². The Morgan fingerprint density at radius 1 is 1.52 bits per heavy atom. The topological polar surface area (TPSA) is 88.0 Å². The summed E-state index contributed by atoms with van der Waals surface area (Å²) in [6.07, 6.45) is 2.65. The Bertz CT molecular complexity index is 718. The van der Waals surface area contributed by atoms with Crippen LogP contribution in [0.5, 0.6) is 0 Å². The van der Waals surface area contributed by atoms with Crippen molar-refractivity contribution < 1.29 is 9.90 Å². The molecular formula is C14H15N3O3S. The number of carboxylic acid groups (broad SMARTS) is 1. The number of hydrogen-bond acceptors (Lipinski definition) is 4. The third-order valence-electron chi connectivity index (χ3n) is 2.78. The van der Waals surface area contributed by atoms with Crippen LogP contribution in [-0.2, 0) is 17.1 Å². The summed E-state index contributed by atoms with van der Waals surface area (Å²) in [6, 6.07) is 7.57. The molecule has 0 unspecified atom stereocenters. The molecule has 1 aromatic carbocycles. The summed E-state index contributed by atoms with van der Waals surface area (Å²) < 4.78 is 1.57. The number of carboxylic acids is 1. The molecule has 21 heavy (non-hydrogen) atoms. The largest absolute Gasteiger partial charge is 0.478 e. The molecule has 6 nitrogen and oxygen atoms in total. The van der Waals surface area contributed by atoms with Crippen LogP contribution >= 0.6 is 11.8 Å². The van der Waals surface area contributed by atoms with E-state index in [1.165, 1.54) is 11.8 Å². The average Bonchev–Trinajstić information content (AvgIpc) is 2.83. The second-order valence-corrected chi connectivity index (χ2v) is 5.20. The van der Waals surface area contributed by atoms with Gasteiger partial charge in [0.25, 0.3) is 0 Å². The zero-order chi connectivity index (χ0) is 15.2. The Hall–Kier alpha value is -2.28. The maximum absolute atomic E-state index is 11.5. The Morgan fingerprint density at radius 2 is 2.33 bits per heavy atom. The third kappa shape index (κ3) is 4.09. The smallest absolute Gasteiger partial charge is 0.343 e. The van der Waals surface area contributed by atoms with E-state index in [1.807, 2.05) is 31.2 Å². The monoisotopic (exact) mass is 305 g/mol. The summed E-state index contributed by atoms with van der Waals surface area (Å²) in [5, 5.41) is 15.7. The van der Waals surface area contributed by atoms with Gasteiger partial charge >= 0.3 is 11.7 Å². The van der Waals surface area contributed by atoms with Gasteiger partial charge in [0.1, 0.15) is 0 Å². The predicted molar refractivity (Wildman–Crippen MR) is 81.2 cm³/mol. The van der Waals surface area contributed by atoms with Crippen LogP contribution in [0, 0.1) is 0 Å². The van der Waals surface area contributed by atoms with Gasteiger partial charge in [-0.2, -0.15) is 0 Å². The van der Waals surface area contributed by atoms with Gasteiger partial charge in [-0.05, 0) is 24.1 Å². The van der Waals surface area contributed by atoms with E-state index in [0.717, 1.165) is 17.2 Å². The maximum Gasteiger partial charge on any atom is 0.343 e. The van der Waals surface area contributed by atoms with E-state index >= 15 is 0 Å². The molecule has 0 fully saturated rings. The summed E-state index contributed by atoms with van der Waals surface area (Å²) >= 11 is 1.46. The zero-order valence-corrected chi connectivity index (χ0v) is 12.3. The van der Waals surface area contributed by atoms with Crippen molar-refractivity contribution in [3.8, 4) is 0 Å². The lowest BCUT2D eigenvalue weighted by Crippen LogP contribution is -2.16. The lowest BCUT2D eigenvalue weighted by molar-refractivity contribution is -0.131. The second-order valence-electron chi connectivity index (χ2n) is 4.26. The first-order valence-electron chi connectivity index (χ1n) is 6.38. The van der Waals surface area contributed by atoms with E-state index in [-0.39, 0.29) is 5.69 Å². The summed E-state index contributed by atoms with van der Waals surface area (Å²) in [4.78, 5) is 22.0. The molecule has 0 bridgehead atoms. The molecule has 0 aliphatic carbocycles. The molecule has 0 saturated heterocycles. The van der Waals surface area contributed by atoms with Gasteiger partial charge in [-0.1, -0.05) is 36.0 Å². The van der Waals surface area contributed by atoms with E-state index in [2.05, 4.69) is 10.2 Å². The molecule has 0 radical (unpaired) electrons. The van der Waals surface area contributed by atoms with Crippen molar-refractivity contribution in [1.82, 2.24) is 14.8 Å². The first-order chi connectivity index (χ1) is 10.1. The van der Waals surface area contributed by atoms with E-state index in [4.69, 9.17) is 5.11 Å². The van der Waals surface area contributed by atoms with Crippen LogP contribution in [0.2, 0.25) is 0 Å². The minimum Gasteiger partial charge on any atom is -0.478 e. The van der Waals surface area contributed by atoms with Gasteiger partial charge < -0.3 is 5.11 Å². The van der Waals surface area contributed by atoms with Crippen LogP contribution in [0.4, 0.5) is 0 Å². The normalized spacial score (nSPS) is 11.1. The summed E-state index contributed by atoms with van der Waals surface area (Å²) in [7, 11) is 0. The highest BCUT2D eigenvalue weighted by Crippen LogP contribution is 2.20. The van der Waals surface area contributed by atoms with Gasteiger partial charge in [0.05, 0.1) is 0 Å². The molecular weight excluding hydrogens is 290 g/mol. The average molecular weight is 305 g/mol. The number of carbonyl (C=O) groups is 1. The highest BCUT2D eigenvalue weighted by atomic mass is 32.2. The Balaban J connectivity index is 2.08. The maximum atomic E-state index is 11.5. The van der Waals surface area contributed by atoms with E-state index in [1.54, 1.807) is 10.6 Å². The Labute approximate surface area is 125 Å². The van der Waals surface area contributed by atoms with E-state index in [0.29, 0.717) is 17.5 Å². The molecule has 2 rings (SSSR count). The molecule has 2 aromatic rings. The molecule has 0 aliphatic rings. The quantitative estimate of drug-likeness (QED) is 0.629. The number of H-pyrrole nitrogens is 1. The van der Waals surface area contributed by atoms with Crippen molar-refractivity contribution in [2.24, 2.45) is 0 Å². The second kappa shape index (κ2) is 6.94. The minimum absolute atomic E-state index is 0.210. The van der Waals surface area contributed by atoms with Crippen molar-refractivity contribution in [2.45, 2.75) is 24.4 Å². The minimum atomic E-state index is -0.974. The standard InChI is InChI=1S/C14H15N3O3S/c1-2-17-13(20)15-16-14(17)21-9-11-5-3-4-10(8-11)6-7-12(18)19/h3-8H,2,9H2,1H3,(H,15,20)(H,18,19). The molecule has 0 aliphatic heterocycles. The van der Waals surface area contributed by atoms with Crippen LogP contribution in [0.25, 0.3) is 6.08 Å². The Kier molecular flexibility index (Phi) is 4.99. The number of aromatic amines is 1.